The van der Waals surface area contributed by atoms with Gasteiger partial charge in [-0.1, -0.05) is 24.6 Å². The fourth-order valence-corrected chi connectivity index (χ4v) is 2.93. The monoisotopic (exact) mass is 327 g/mol. The van der Waals surface area contributed by atoms with Crippen LogP contribution in [0.4, 0.5) is 0 Å². The van der Waals surface area contributed by atoms with E-state index in [9.17, 15) is 4.79 Å². The molecule has 0 amide bonds. The van der Waals surface area contributed by atoms with Crippen LogP contribution in [0, 0.1) is 0 Å². The molecule has 4 nitrogen and oxygen atoms in total. The molecule has 0 spiro atoms. The van der Waals surface area contributed by atoms with Crippen molar-refractivity contribution in [2.24, 2.45) is 0 Å². The fraction of sp³-hybridized carbons (Fsp3) is 0.588. The van der Waals surface area contributed by atoms with Crippen molar-refractivity contribution < 1.29 is 14.3 Å². The van der Waals surface area contributed by atoms with Gasteiger partial charge in [-0.05, 0) is 38.4 Å². The average Bonchev–Trinajstić information content (AvgIpc) is 2.53. The van der Waals surface area contributed by atoms with E-state index in [0.29, 0.717) is 19.0 Å². The van der Waals surface area contributed by atoms with E-state index in [1.54, 1.807) is 0 Å². The zero-order valence-electron chi connectivity index (χ0n) is 13.4. The van der Waals surface area contributed by atoms with Gasteiger partial charge in [0.15, 0.2) is 0 Å². The number of ether oxygens (including phenoxy) is 2. The number of methoxy groups -OCH3 is 1. The third kappa shape index (κ3) is 5.50. The number of rotatable bonds is 6. The van der Waals surface area contributed by atoms with Crippen molar-refractivity contribution in [3.05, 3.63) is 30.3 Å². The van der Waals surface area contributed by atoms with Crippen LogP contribution < -0.4 is 4.74 Å². The van der Waals surface area contributed by atoms with Crippen molar-refractivity contribution in [1.82, 2.24) is 4.90 Å². The Morgan fingerprint density at radius 2 is 1.91 bits per heavy atom. The van der Waals surface area contributed by atoms with Crippen LogP contribution in [0.3, 0.4) is 0 Å². The Balaban J connectivity index is 0.00000242. The molecule has 2 rings (SSSR count). The van der Waals surface area contributed by atoms with Crippen LogP contribution in [0.2, 0.25) is 0 Å². The molecule has 0 aromatic heterocycles. The number of hydrogen-bond donors (Lipinski definition) is 0. The molecule has 1 aliphatic rings. The minimum absolute atomic E-state index is 0. The Morgan fingerprint density at radius 1 is 1.23 bits per heavy atom. The van der Waals surface area contributed by atoms with E-state index in [-0.39, 0.29) is 24.5 Å². The smallest absolute Gasteiger partial charge is 0.306 e. The van der Waals surface area contributed by atoms with Crippen molar-refractivity contribution in [1.29, 1.82) is 0 Å². The van der Waals surface area contributed by atoms with Crippen LogP contribution in [-0.4, -0.2) is 43.7 Å². The van der Waals surface area contributed by atoms with Gasteiger partial charge < -0.3 is 9.47 Å². The van der Waals surface area contributed by atoms with E-state index in [1.807, 2.05) is 30.3 Å². The number of halogens is 1. The SMILES string of the molecule is COC(=O)CCN(C)C1CCCCC1Oc1ccccc1.Cl. The molecule has 0 bridgehead atoms. The molecule has 124 valence electrons. The second-order valence-corrected chi connectivity index (χ2v) is 5.63. The fourth-order valence-electron chi connectivity index (χ4n) is 2.93. The molecule has 0 saturated heterocycles. The molecule has 2 unspecified atom stereocenters. The lowest BCUT2D eigenvalue weighted by atomic mass is 9.91. The van der Waals surface area contributed by atoms with Gasteiger partial charge in [0, 0.05) is 12.6 Å². The zero-order valence-corrected chi connectivity index (χ0v) is 14.2. The molecule has 2 atom stereocenters. The van der Waals surface area contributed by atoms with Crippen molar-refractivity contribution in [3.8, 4) is 5.75 Å². The molecule has 1 saturated carbocycles. The van der Waals surface area contributed by atoms with Gasteiger partial charge in [-0.3, -0.25) is 9.69 Å². The van der Waals surface area contributed by atoms with E-state index in [0.717, 1.165) is 18.6 Å². The van der Waals surface area contributed by atoms with Crippen LogP contribution in [0.1, 0.15) is 32.1 Å². The summed E-state index contributed by atoms with van der Waals surface area (Å²) in [6.07, 6.45) is 5.25. The zero-order chi connectivity index (χ0) is 15.1. The summed E-state index contributed by atoms with van der Waals surface area (Å²) >= 11 is 0. The molecule has 0 aliphatic heterocycles. The first kappa shape index (κ1) is 18.8. The van der Waals surface area contributed by atoms with Gasteiger partial charge in [-0.2, -0.15) is 0 Å². The van der Waals surface area contributed by atoms with Crippen LogP contribution >= 0.6 is 12.4 Å². The van der Waals surface area contributed by atoms with Gasteiger partial charge in [0.05, 0.1) is 13.5 Å². The number of hydrogen-bond acceptors (Lipinski definition) is 4. The molecule has 1 aromatic rings. The van der Waals surface area contributed by atoms with E-state index in [2.05, 4.69) is 11.9 Å². The highest BCUT2D eigenvalue weighted by molar-refractivity contribution is 5.85. The Kier molecular flexibility index (Phi) is 8.28. The Morgan fingerprint density at radius 3 is 2.59 bits per heavy atom. The maximum Gasteiger partial charge on any atom is 0.306 e. The molecule has 0 N–H and O–H groups in total. The maximum atomic E-state index is 11.3. The highest BCUT2D eigenvalue weighted by Crippen LogP contribution is 2.26. The topological polar surface area (TPSA) is 38.8 Å². The van der Waals surface area contributed by atoms with E-state index in [4.69, 9.17) is 9.47 Å². The summed E-state index contributed by atoms with van der Waals surface area (Å²) in [6.45, 7) is 0.714. The summed E-state index contributed by atoms with van der Waals surface area (Å²) < 4.78 is 10.9. The first-order valence-corrected chi connectivity index (χ1v) is 7.69. The highest BCUT2D eigenvalue weighted by Gasteiger charge is 2.30. The summed E-state index contributed by atoms with van der Waals surface area (Å²) in [5.74, 6) is 0.772. The summed E-state index contributed by atoms with van der Waals surface area (Å²) in [7, 11) is 3.50. The third-order valence-electron chi connectivity index (χ3n) is 4.16. The van der Waals surface area contributed by atoms with Crippen LogP contribution in [-0.2, 0) is 9.53 Å². The lowest BCUT2D eigenvalue weighted by Gasteiger charge is -2.37. The molecule has 0 radical (unpaired) electrons. The van der Waals surface area contributed by atoms with E-state index >= 15 is 0 Å². The molecular weight excluding hydrogens is 302 g/mol. The summed E-state index contributed by atoms with van der Waals surface area (Å²) in [5.41, 5.74) is 0. The number of benzene rings is 1. The van der Waals surface area contributed by atoms with E-state index in [1.165, 1.54) is 20.0 Å². The normalized spacial score (nSPS) is 21.0. The summed E-state index contributed by atoms with van der Waals surface area (Å²) in [4.78, 5) is 13.5. The Hall–Kier alpha value is -1.26. The van der Waals surface area contributed by atoms with Gasteiger partial charge in [0.2, 0.25) is 0 Å². The van der Waals surface area contributed by atoms with Gasteiger partial charge in [0.1, 0.15) is 11.9 Å². The van der Waals surface area contributed by atoms with Crippen molar-refractivity contribution in [3.63, 3.8) is 0 Å². The summed E-state index contributed by atoms with van der Waals surface area (Å²) in [5, 5.41) is 0. The van der Waals surface area contributed by atoms with Crippen LogP contribution in [0.5, 0.6) is 5.75 Å². The van der Waals surface area contributed by atoms with Gasteiger partial charge in [0.25, 0.3) is 0 Å². The summed E-state index contributed by atoms with van der Waals surface area (Å²) in [6, 6.07) is 10.3. The first-order chi connectivity index (χ1) is 10.2. The van der Waals surface area contributed by atoms with Crippen molar-refractivity contribution in [2.75, 3.05) is 20.7 Å². The van der Waals surface area contributed by atoms with Gasteiger partial charge in [-0.15, -0.1) is 12.4 Å². The highest BCUT2D eigenvalue weighted by atomic mass is 35.5. The molecule has 1 aromatic carbocycles. The van der Waals surface area contributed by atoms with E-state index < -0.39 is 0 Å². The minimum Gasteiger partial charge on any atom is -0.489 e. The van der Waals surface area contributed by atoms with Crippen molar-refractivity contribution >= 4 is 18.4 Å². The predicted octanol–water partition coefficient (Wildman–Crippen LogP) is 3.29. The molecular formula is C17H26ClNO3. The quantitative estimate of drug-likeness (QED) is 0.752. The number of carbonyl (C=O) groups excluding carboxylic acids is 1. The number of carbonyl (C=O) groups is 1. The van der Waals surface area contributed by atoms with Crippen molar-refractivity contribution in [2.45, 2.75) is 44.2 Å². The van der Waals surface area contributed by atoms with Gasteiger partial charge in [-0.25, -0.2) is 0 Å². The lowest BCUT2D eigenvalue weighted by molar-refractivity contribution is -0.141. The molecule has 1 aliphatic carbocycles. The second kappa shape index (κ2) is 9.70. The predicted molar refractivity (Wildman–Crippen MR) is 89.6 cm³/mol. The maximum absolute atomic E-state index is 11.3. The third-order valence-corrected chi connectivity index (χ3v) is 4.16. The number of esters is 1. The Labute approximate surface area is 139 Å². The minimum atomic E-state index is -0.154. The molecule has 22 heavy (non-hydrogen) atoms. The van der Waals surface area contributed by atoms with Crippen LogP contribution in [0.15, 0.2) is 30.3 Å². The van der Waals surface area contributed by atoms with Crippen LogP contribution in [0.25, 0.3) is 0 Å². The second-order valence-electron chi connectivity index (χ2n) is 5.63. The molecule has 1 fully saturated rings. The number of likely N-dealkylation sites (N-methyl/N-ethyl adjacent to an activating group) is 1. The first-order valence-electron chi connectivity index (χ1n) is 7.69. The van der Waals surface area contributed by atoms with Gasteiger partial charge >= 0.3 is 5.97 Å². The standard InChI is InChI=1S/C17H25NO3.ClH/c1-18(13-12-17(19)20-2)15-10-6-7-11-16(15)21-14-8-4-3-5-9-14;/h3-5,8-9,15-16H,6-7,10-13H2,1-2H3;1H. The lowest BCUT2D eigenvalue weighted by Crippen LogP contribution is -2.46. The Bertz CT molecular complexity index is 441. The number of nitrogens with zero attached hydrogens (tertiary/aromatic N) is 1. The average molecular weight is 328 g/mol. The molecule has 0 heterocycles. The largest absolute Gasteiger partial charge is 0.489 e. The number of para-hydroxylation sites is 1. The molecule has 5 heteroatoms.